The van der Waals surface area contributed by atoms with Crippen molar-refractivity contribution in [1.29, 1.82) is 0 Å². The minimum atomic E-state index is 0.0335. The molecule has 4 heteroatoms. The highest BCUT2D eigenvalue weighted by Gasteiger charge is 2.14. The van der Waals surface area contributed by atoms with Gasteiger partial charge < -0.3 is 0 Å². The largest absolute Gasteiger partial charge is 0.295 e. The fourth-order valence-electron chi connectivity index (χ4n) is 2.68. The molecule has 2 aromatic rings. The van der Waals surface area contributed by atoms with Crippen LogP contribution in [0.3, 0.4) is 0 Å². The van der Waals surface area contributed by atoms with E-state index in [0.29, 0.717) is 17.1 Å². The lowest BCUT2D eigenvalue weighted by Crippen LogP contribution is -2.28. The summed E-state index contributed by atoms with van der Waals surface area (Å²) in [6.07, 6.45) is 4.60. The molecule has 0 saturated heterocycles. The average Bonchev–Trinajstić information content (AvgIpc) is 2.53. The zero-order valence-corrected chi connectivity index (χ0v) is 13.6. The first-order chi connectivity index (χ1) is 10.2. The van der Waals surface area contributed by atoms with Gasteiger partial charge in [-0.05, 0) is 24.5 Å². The molecule has 3 nitrogen and oxygen atoms in total. The number of benzene rings is 1. The molecule has 21 heavy (non-hydrogen) atoms. The van der Waals surface area contributed by atoms with Gasteiger partial charge in [0.25, 0.3) is 5.56 Å². The maximum absolute atomic E-state index is 12.7. The Morgan fingerprint density at radius 1 is 1.29 bits per heavy atom. The number of unbranched alkanes of at least 4 members (excludes halogenated alkanes) is 1. The third-order valence-electron chi connectivity index (χ3n) is 4.04. The van der Waals surface area contributed by atoms with Crippen LogP contribution in [0.15, 0.2) is 29.1 Å². The number of para-hydroxylation sites is 1. The Labute approximate surface area is 131 Å². The van der Waals surface area contributed by atoms with Gasteiger partial charge in [0.2, 0.25) is 0 Å². The van der Waals surface area contributed by atoms with Crippen LogP contribution >= 0.6 is 11.6 Å². The molecule has 0 N–H and O–H groups in total. The van der Waals surface area contributed by atoms with Crippen molar-refractivity contribution in [2.45, 2.75) is 52.0 Å². The first-order valence-corrected chi connectivity index (χ1v) is 8.29. The Bertz CT molecular complexity index is 651. The fourth-order valence-corrected chi connectivity index (χ4v) is 2.88. The second-order valence-corrected chi connectivity index (χ2v) is 5.78. The molecule has 0 fully saturated rings. The Kier molecular flexibility index (Phi) is 5.80. The standard InChI is InChI=1S/C17H23ClN2O/c1-3-5-8-13(4-2)12-20-16(11-18)19-15-10-7-6-9-14(15)17(20)21/h6-7,9-10,13H,3-5,8,11-12H2,1-2H3. The summed E-state index contributed by atoms with van der Waals surface area (Å²) >= 11 is 6.01. The lowest BCUT2D eigenvalue weighted by atomic mass is 9.99. The Hall–Kier alpha value is -1.35. The van der Waals surface area contributed by atoms with E-state index >= 15 is 0 Å². The third-order valence-corrected chi connectivity index (χ3v) is 4.28. The Morgan fingerprint density at radius 3 is 2.71 bits per heavy atom. The van der Waals surface area contributed by atoms with Crippen molar-refractivity contribution in [2.24, 2.45) is 5.92 Å². The maximum Gasteiger partial charge on any atom is 0.261 e. The predicted octanol–water partition coefficient (Wildman–Crippen LogP) is 4.35. The number of nitrogens with zero attached hydrogens (tertiary/aromatic N) is 2. The van der Waals surface area contributed by atoms with Gasteiger partial charge in [-0.15, -0.1) is 11.6 Å². The Morgan fingerprint density at radius 2 is 2.05 bits per heavy atom. The SMILES string of the molecule is CCCCC(CC)Cn1c(CCl)nc2ccccc2c1=O. The molecule has 2 rings (SSSR count). The monoisotopic (exact) mass is 306 g/mol. The summed E-state index contributed by atoms with van der Waals surface area (Å²) in [4.78, 5) is 17.3. The first kappa shape index (κ1) is 16.0. The molecular formula is C17H23ClN2O. The number of hydrogen-bond acceptors (Lipinski definition) is 2. The maximum atomic E-state index is 12.7. The molecule has 1 unspecified atom stereocenters. The van der Waals surface area contributed by atoms with Crippen LogP contribution in [-0.4, -0.2) is 9.55 Å². The van der Waals surface area contributed by atoms with Crippen LogP contribution in [0, 0.1) is 5.92 Å². The zero-order valence-electron chi connectivity index (χ0n) is 12.8. The summed E-state index contributed by atoms with van der Waals surface area (Å²) in [5, 5.41) is 0.678. The van der Waals surface area contributed by atoms with E-state index in [1.54, 1.807) is 4.57 Å². The Balaban J connectivity index is 2.41. The van der Waals surface area contributed by atoms with Crippen LogP contribution in [0.4, 0.5) is 0 Å². The normalized spacial score (nSPS) is 12.7. The van der Waals surface area contributed by atoms with Gasteiger partial charge in [0.05, 0.1) is 16.8 Å². The number of halogens is 1. The summed E-state index contributed by atoms with van der Waals surface area (Å²) in [6.45, 7) is 5.09. The summed E-state index contributed by atoms with van der Waals surface area (Å²) < 4.78 is 1.78. The molecule has 1 heterocycles. The van der Waals surface area contributed by atoms with Gasteiger partial charge in [-0.25, -0.2) is 4.98 Å². The molecule has 1 aromatic heterocycles. The van der Waals surface area contributed by atoms with Gasteiger partial charge in [0.1, 0.15) is 5.82 Å². The molecule has 0 bridgehead atoms. The number of rotatable bonds is 7. The van der Waals surface area contributed by atoms with Crippen LogP contribution < -0.4 is 5.56 Å². The lowest BCUT2D eigenvalue weighted by molar-refractivity contribution is 0.379. The van der Waals surface area contributed by atoms with E-state index in [-0.39, 0.29) is 11.4 Å². The molecule has 1 atom stereocenters. The molecule has 114 valence electrons. The molecular weight excluding hydrogens is 284 g/mol. The van der Waals surface area contributed by atoms with Crippen molar-refractivity contribution in [3.63, 3.8) is 0 Å². The number of hydrogen-bond donors (Lipinski definition) is 0. The van der Waals surface area contributed by atoms with Crippen molar-refractivity contribution in [1.82, 2.24) is 9.55 Å². The van der Waals surface area contributed by atoms with E-state index in [0.717, 1.165) is 24.9 Å². The first-order valence-electron chi connectivity index (χ1n) is 7.75. The van der Waals surface area contributed by atoms with Crippen molar-refractivity contribution in [3.05, 3.63) is 40.4 Å². The molecule has 0 saturated carbocycles. The van der Waals surface area contributed by atoms with Crippen LogP contribution in [-0.2, 0) is 12.4 Å². The van der Waals surface area contributed by atoms with E-state index in [2.05, 4.69) is 18.8 Å². The van der Waals surface area contributed by atoms with Crippen molar-refractivity contribution >= 4 is 22.5 Å². The van der Waals surface area contributed by atoms with E-state index in [1.165, 1.54) is 12.8 Å². The van der Waals surface area contributed by atoms with Crippen LogP contribution in [0.1, 0.15) is 45.4 Å². The van der Waals surface area contributed by atoms with Crippen LogP contribution in [0.25, 0.3) is 10.9 Å². The van der Waals surface area contributed by atoms with E-state index in [1.807, 2.05) is 24.3 Å². The average molecular weight is 307 g/mol. The summed E-state index contributed by atoms with van der Waals surface area (Å²) in [7, 11) is 0. The fraction of sp³-hybridized carbons (Fsp3) is 0.529. The number of aromatic nitrogens is 2. The highest BCUT2D eigenvalue weighted by molar-refractivity contribution is 6.16. The summed E-state index contributed by atoms with van der Waals surface area (Å²) in [6, 6.07) is 7.48. The number of fused-ring (bicyclic) bond motifs is 1. The van der Waals surface area contributed by atoms with Gasteiger partial charge >= 0.3 is 0 Å². The van der Waals surface area contributed by atoms with Gasteiger partial charge in [0.15, 0.2) is 0 Å². The quantitative estimate of drug-likeness (QED) is 0.713. The lowest BCUT2D eigenvalue weighted by Gasteiger charge is -2.18. The minimum absolute atomic E-state index is 0.0335. The molecule has 0 aliphatic heterocycles. The van der Waals surface area contributed by atoms with Crippen molar-refractivity contribution in [2.75, 3.05) is 0 Å². The van der Waals surface area contributed by atoms with E-state index in [4.69, 9.17) is 11.6 Å². The number of alkyl halides is 1. The predicted molar refractivity (Wildman–Crippen MR) is 88.9 cm³/mol. The highest BCUT2D eigenvalue weighted by Crippen LogP contribution is 2.17. The van der Waals surface area contributed by atoms with Gasteiger partial charge in [-0.1, -0.05) is 45.2 Å². The molecule has 0 aliphatic rings. The third kappa shape index (κ3) is 3.65. The van der Waals surface area contributed by atoms with Crippen molar-refractivity contribution in [3.8, 4) is 0 Å². The van der Waals surface area contributed by atoms with Crippen LogP contribution in [0.2, 0.25) is 0 Å². The van der Waals surface area contributed by atoms with Crippen molar-refractivity contribution < 1.29 is 0 Å². The van der Waals surface area contributed by atoms with E-state index in [9.17, 15) is 4.79 Å². The summed E-state index contributed by atoms with van der Waals surface area (Å²) in [5.74, 6) is 1.45. The topological polar surface area (TPSA) is 34.9 Å². The minimum Gasteiger partial charge on any atom is -0.295 e. The zero-order chi connectivity index (χ0) is 15.2. The molecule has 1 aromatic carbocycles. The van der Waals surface area contributed by atoms with Crippen LogP contribution in [0.5, 0.6) is 0 Å². The smallest absolute Gasteiger partial charge is 0.261 e. The molecule has 0 radical (unpaired) electrons. The summed E-state index contributed by atoms with van der Waals surface area (Å²) in [5.41, 5.74) is 0.766. The second-order valence-electron chi connectivity index (χ2n) is 5.51. The van der Waals surface area contributed by atoms with Gasteiger partial charge in [-0.3, -0.25) is 9.36 Å². The molecule has 0 spiro atoms. The molecule has 0 amide bonds. The van der Waals surface area contributed by atoms with Gasteiger partial charge in [-0.2, -0.15) is 0 Å². The van der Waals surface area contributed by atoms with E-state index < -0.39 is 0 Å². The second kappa shape index (κ2) is 7.60. The molecule has 0 aliphatic carbocycles. The highest BCUT2D eigenvalue weighted by atomic mass is 35.5. The van der Waals surface area contributed by atoms with Gasteiger partial charge in [0, 0.05) is 6.54 Å².